The van der Waals surface area contributed by atoms with Crippen molar-refractivity contribution in [3.8, 4) is 0 Å². The van der Waals surface area contributed by atoms with Gasteiger partial charge in [0.25, 0.3) is 11.8 Å². The number of carbonyl (C=O) groups excluding carboxylic acids is 2. The van der Waals surface area contributed by atoms with E-state index in [4.69, 9.17) is 0 Å². The van der Waals surface area contributed by atoms with E-state index in [1.165, 1.54) is 5.38 Å². The predicted molar refractivity (Wildman–Crippen MR) is 108 cm³/mol. The number of alkyl halides is 2. The number of carbonyl (C=O) groups is 2. The van der Waals surface area contributed by atoms with Crippen molar-refractivity contribution in [1.29, 1.82) is 0 Å². The average Bonchev–Trinajstić information content (AvgIpc) is 3.21. The minimum atomic E-state index is -2.70. The Hall–Kier alpha value is -2.56. The standard InChI is InChI=1S/C21H22F5N3O2S/c1-10(2)17(29-18(30)11-7-13(22)16(24)14(23)8-11)20-28-15(9-32-20)19(31)27-12-3-5-21(25,26)6-4-12/h7-10,12,17H,3-6H2,1-2H3,(H,27,31)(H,29,30). The fraction of sp³-hybridized carbons (Fsp3) is 0.476. The molecule has 1 saturated carbocycles. The number of nitrogens with one attached hydrogen (secondary N) is 2. The van der Waals surface area contributed by atoms with E-state index in [1.54, 1.807) is 13.8 Å². The van der Waals surface area contributed by atoms with Crippen LogP contribution in [0.2, 0.25) is 0 Å². The Morgan fingerprint density at radius 3 is 2.25 bits per heavy atom. The SMILES string of the molecule is CC(C)C(NC(=O)c1cc(F)c(F)c(F)c1)c1nc(C(=O)NC2CCC(F)(F)CC2)cs1. The molecule has 1 unspecified atom stereocenters. The highest BCUT2D eigenvalue weighted by Crippen LogP contribution is 2.33. The van der Waals surface area contributed by atoms with E-state index in [2.05, 4.69) is 15.6 Å². The zero-order chi connectivity index (χ0) is 23.6. The van der Waals surface area contributed by atoms with Crippen molar-refractivity contribution in [2.45, 2.75) is 57.5 Å². The third-order valence-electron chi connectivity index (χ3n) is 5.27. The maximum atomic E-state index is 13.5. The molecular weight excluding hydrogens is 453 g/mol. The number of hydrogen-bond acceptors (Lipinski definition) is 4. The minimum absolute atomic E-state index is 0.0844. The Kier molecular flexibility index (Phi) is 7.16. The third-order valence-corrected chi connectivity index (χ3v) is 6.20. The van der Waals surface area contributed by atoms with E-state index >= 15 is 0 Å². The smallest absolute Gasteiger partial charge is 0.270 e. The highest BCUT2D eigenvalue weighted by Gasteiger charge is 2.35. The van der Waals surface area contributed by atoms with Gasteiger partial charge in [-0.05, 0) is 30.9 Å². The van der Waals surface area contributed by atoms with Gasteiger partial charge in [-0.2, -0.15) is 0 Å². The number of hydrogen-bond donors (Lipinski definition) is 2. The molecule has 0 bridgehead atoms. The molecule has 174 valence electrons. The van der Waals surface area contributed by atoms with Crippen LogP contribution in [0.25, 0.3) is 0 Å². The second-order valence-electron chi connectivity index (χ2n) is 8.12. The summed E-state index contributed by atoms with van der Waals surface area (Å²) in [6.07, 6.45) is -0.227. The predicted octanol–water partition coefficient (Wildman–Crippen LogP) is 5.00. The van der Waals surface area contributed by atoms with E-state index in [1.807, 2.05) is 0 Å². The molecular formula is C21H22F5N3O2S. The maximum absolute atomic E-state index is 13.5. The lowest BCUT2D eigenvalue weighted by Crippen LogP contribution is -2.40. The van der Waals surface area contributed by atoms with Gasteiger partial charge in [0, 0.05) is 29.8 Å². The highest BCUT2D eigenvalue weighted by molar-refractivity contribution is 7.09. The Bertz CT molecular complexity index is 978. The van der Waals surface area contributed by atoms with Crippen LogP contribution in [0, 0.1) is 23.4 Å². The van der Waals surface area contributed by atoms with Gasteiger partial charge in [-0.3, -0.25) is 9.59 Å². The van der Waals surface area contributed by atoms with Crippen LogP contribution in [-0.4, -0.2) is 28.8 Å². The molecule has 0 aliphatic heterocycles. The first-order chi connectivity index (χ1) is 15.0. The number of amides is 2. The van der Waals surface area contributed by atoms with Gasteiger partial charge < -0.3 is 10.6 Å². The number of rotatable bonds is 6. The van der Waals surface area contributed by atoms with Crippen LogP contribution < -0.4 is 10.6 Å². The monoisotopic (exact) mass is 475 g/mol. The number of halogens is 5. The van der Waals surface area contributed by atoms with Crippen LogP contribution >= 0.6 is 11.3 Å². The topological polar surface area (TPSA) is 71.1 Å². The summed E-state index contributed by atoms with van der Waals surface area (Å²) < 4.78 is 66.6. The molecule has 2 aromatic rings. The van der Waals surface area contributed by atoms with Crippen molar-refractivity contribution < 1.29 is 31.5 Å². The van der Waals surface area contributed by atoms with Gasteiger partial charge in [0.05, 0.1) is 6.04 Å². The lowest BCUT2D eigenvalue weighted by molar-refractivity contribution is -0.0399. The zero-order valence-corrected chi connectivity index (χ0v) is 18.2. The molecule has 32 heavy (non-hydrogen) atoms. The van der Waals surface area contributed by atoms with Gasteiger partial charge in [0.1, 0.15) is 10.7 Å². The Morgan fingerprint density at radius 2 is 1.69 bits per heavy atom. The van der Waals surface area contributed by atoms with Crippen molar-refractivity contribution in [3.05, 3.63) is 51.2 Å². The van der Waals surface area contributed by atoms with Gasteiger partial charge >= 0.3 is 0 Å². The van der Waals surface area contributed by atoms with E-state index in [0.717, 1.165) is 11.3 Å². The van der Waals surface area contributed by atoms with Crippen molar-refractivity contribution in [2.75, 3.05) is 0 Å². The Labute approximate surface area is 185 Å². The molecule has 5 nitrogen and oxygen atoms in total. The molecule has 1 aromatic heterocycles. The van der Waals surface area contributed by atoms with Gasteiger partial charge in [0.2, 0.25) is 5.92 Å². The second kappa shape index (κ2) is 9.51. The summed E-state index contributed by atoms with van der Waals surface area (Å²) in [5.74, 6) is -8.86. The zero-order valence-electron chi connectivity index (χ0n) is 17.4. The fourth-order valence-electron chi connectivity index (χ4n) is 3.40. The van der Waals surface area contributed by atoms with Crippen LogP contribution in [-0.2, 0) is 0 Å². The molecule has 1 aliphatic carbocycles. The number of thiazole rings is 1. The van der Waals surface area contributed by atoms with E-state index in [-0.39, 0.29) is 43.3 Å². The largest absolute Gasteiger partial charge is 0.348 e. The molecule has 1 aliphatic rings. The fourth-order valence-corrected chi connectivity index (χ4v) is 4.42. The lowest BCUT2D eigenvalue weighted by atomic mass is 9.92. The van der Waals surface area contributed by atoms with Crippen molar-refractivity contribution in [1.82, 2.24) is 15.6 Å². The molecule has 11 heteroatoms. The minimum Gasteiger partial charge on any atom is -0.348 e. The second-order valence-corrected chi connectivity index (χ2v) is 9.01. The van der Waals surface area contributed by atoms with Gasteiger partial charge in [0.15, 0.2) is 17.5 Å². The van der Waals surface area contributed by atoms with Crippen molar-refractivity contribution >= 4 is 23.2 Å². The summed E-state index contributed by atoms with van der Waals surface area (Å²) >= 11 is 1.11. The summed E-state index contributed by atoms with van der Waals surface area (Å²) in [4.78, 5) is 29.2. The normalized spacial score (nSPS) is 17.2. The summed E-state index contributed by atoms with van der Waals surface area (Å²) in [5, 5.41) is 7.18. The molecule has 1 fully saturated rings. The maximum Gasteiger partial charge on any atom is 0.270 e. The number of nitrogens with zero attached hydrogens (tertiary/aromatic N) is 1. The highest BCUT2D eigenvalue weighted by atomic mass is 32.1. The van der Waals surface area contributed by atoms with Crippen LogP contribution in [0.5, 0.6) is 0 Å². The summed E-state index contributed by atoms with van der Waals surface area (Å²) in [6, 6.07) is 0.147. The lowest BCUT2D eigenvalue weighted by Gasteiger charge is -2.28. The number of aromatic nitrogens is 1. The van der Waals surface area contributed by atoms with Crippen LogP contribution in [0.4, 0.5) is 22.0 Å². The third kappa shape index (κ3) is 5.62. The van der Waals surface area contributed by atoms with Crippen LogP contribution in [0.3, 0.4) is 0 Å². The van der Waals surface area contributed by atoms with Gasteiger partial charge in [-0.25, -0.2) is 26.9 Å². The first-order valence-electron chi connectivity index (χ1n) is 10.1. The molecule has 0 spiro atoms. The van der Waals surface area contributed by atoms with E-state index in [9.17, 15) is 31.5 Å². The quantitative estimate of drug-likeness (QED) is 0.457. The van der Waals surface area contributed by atoms with Crippen LogP contribution in [0.15, 0.2) is 17.5 Å². The van der Waals surface area contributed by atoms with Crippen molar-refractivity contribution in [2.24, 2.45) is 5.92 Å². The first kappa shape index (κ1) is 24.1. The molecule has 1 atom stereocenters. The summed E-state index contributed by atoms with van der Waals surface area (Å²) in [5.41, 5.74) is -0.309. The molecule has 1 aromatic carbocycles. The van der Waals surface area contributed by atoms with E-state index in [0.29, 0.717) is 17.1 Å². The number of benzene rings is 1. The first-order valence-corrected chi connectivity index (χ1v) is 10.9. The van der Waals surface area contributed by atoms with Gasteiger partial charge in [-0.15, -0.1) is 11.3 Å². The van der Waals surface area contributed by atoms with Gasteiger partial charge in [-0.1, -0.05) is 13.8 Å². The van der Waals surface area contributed by atoms with E-state index < -0.39 is 46.8 Å². The Morgan fingerprint density at radius 1 is 1.09 bits per heavy atom. The molecule has 3 rings (SSSR count). The Balaban J connectivity index is 1.69. The van der Waals surface area contributed by atoms with Crippen molar-refractivity contribution in [3.63, 3.8) is 0 Å². The average molecular weight is 475 g/mol. The molecule has 0 radical (unpaired) electrons. The molecule has 2 N–H and O–H groups in total. The molecule has 1 heterocycles. The molecule has 2 amide bonds. The molecule has 0 saturated heterocycles. The summed E-state index contributed by atoms with van der Waals surface area (Å²) in [6.45, 7) is 3.56. The van der Waals surface area contributed by atoms with Crippen LogP contribution in [0.1, 0.15) is 71.4 Å². The summed E-state index contributed by atoms with van der Waals surface area (Å²) in [7, 11) is 0.